The molecule has 1 N–H and O–H groups in total. The van der Waals surface area contributed by atoms with Gasteiger partial charge in [0.25, 0.3) is 0 Å². The van der Waals surface area contributed by atoms with Gasteiger partial charge in [-0.25, -0.2) is 0 Å². The van der Waals surface area contributed by atoms with Crippen molar-refractivity contribution >= 4 is 0 Å². The molecule has 1 aliphatic heterocycles. The number of ether oxygens (including phenoxy) is 2. The number of rotatable bonds is 1. The molecule has 1 aliphatic rings. The van der Waals surface area contributed by atoms with Crippen molar-refractivity contribution in [3.05, 3.63) is 0 Å². The monoisotopic (exact) mass is 146 g/mol. The molecule has 0 aliphatic carbocycles. The minimum atomic E-state index is -0.450. The van der Waals surface area contributed by atoms with Gasteiger partial charge in [0.1, 0.15) is 6.10 Å². The van der Waals surface area contributed by atoms with Crippen LogP contribution in [0, 0.1) is 5.92 Å². The van der Waals surface area contributed by atoms with Crippen LogP contribution in [0.5, 0.6) is 0 Å². The van der Waals surface area contributed by atoms with E-state index < -0.39 is 12.4 Å². The van der Waals surface area contributed by atoms with Crippen molar-refractivity contribution in [3.8, 4) is 0 Å². The van der Waals surface area contributed by atoms with Crippen LogP contribution in [0.4, 0.5) is 0 Å². The van der Waals surface area contributed by atoms with Gasteiger partial charge in [0.15, 0.2) is 6.29 Å². The van der Waals surface area contributed by atoms with Gasteiger partial charge in [-0.1, -0.05) is 6.92 Å². The van der Waals surface area contributed by atoms with Crippen molar-refractivity contribution in [2.75, 3.05) is 13.7 Å². The Labute approximate surface area is 60.9 Å². The predicted octanol–water partition coefficient (Wildman–Crippen LogP) is 0.376. The smallest absolute Gasteiger partial charge is 0.183 e. The lowest BCUT2D eigenvalue weighted by Crippen LogP contribution is -2.38. The SMILES string of the molecule is CO[C@H]1OC[C@@H](C)C[C@H]1O. The Kier molecular flexibility index (Phi) is 2.65. The van der Waals surface area contributed by atoms with Gasteiger partial charge in [0.05, 0.1) is 6.61 Å². The molecule has 0 aromatic rings. The molecule has 0 bridgehead atoms. The fourth-order valence-electron chi connectivity index (χ4n) is 1.19. The molecule has 0 aromatic carbocycles. The first-order valence-electron chi connectivity index (χ1n) is 3.56. The topological polar surface area (TPSA) is 38.7 Å². The summed E-state index contributed by atoms with van der Waals surface area (Å²) < 4.78 is 10.1. The van der Waals surface area contributed by atoms with Gasteiger partial charge in [0.2, 0.25) is 0 Å². The minimum Gasteiger partial charge on any atom is -0.388 e. The first-order chi connectivity index (χ1) is 4.74. The fourth-order valence-corrected chi connectivity index (χ4v) is 1.19. The maximum atomic E-state index is 9.29. The zero-order chi connectivity index (χ0) is 7.56. The summed E-state index contributed by atoms with van der Waals surface area (Å²) in [6, 6.07) is 0. The lowest BCUT2D eigenvalue weighted by atomic mass is 10.0. The molecule has 1 saturated heterocycles. The number of aliphatic hydroxyl groups excluding tert-OH is 1. The molecule has 0 saturated carbocycles. The van der Waals surface area contributed by atoms with Crippen LogP contribution in [-0.2, 0) is 9.47 Å². The Bertz CT molecular complexity index is 105. The van der Waals surface area contributed by atoms with Crippen molar-refractivity contribution in [1.82, 2.24) is 0 Å². The molecule has 1 fully saturated rings. The van der Waals surface area contributed by atoms with Gasteiger partial charge < -0.3 is 14.6 Å². The summed E-state index contributed by atoms with van der Waals surface area (Å²) in [6.45, 7) is 2.74. The van der Waals surface area contributed by atoms with E-state index in [1.54, 1.807) is 7.11 Å². The number of hydrogen-bond donors (Lipinski definition) is 1. The van der Waals surface area contributed by atoms with Gasteiger partial charge in [-0.3, -0.25) is 0 Å². The van der Waals surface area contributed by atoms with E-state index in [2.05, 4.69) is 6.92 Å². The number of methoxy groups -OCH3 is 1. The van der Waals surface area contributed by atoms with Crippen LogP contribution in [0.3, 0.4) is 0 Å². The summed E-state index contributed by atoms with van der Waals surface area (Å²) in [5, 5.41) is 9.29. The molecule has 60 valence electrons. The summed E-state index contributed by atoms with van der Waals surface area (Å²) in [7, 11) is 1.55. The highest BCUT2D eigenvalue weighted by atomic mass is 16.7. The Balaban J connectivity index is 2.36. The molecule has 0 aromatic heterocycles. The maximum absolute atomic E-state index is 9.29. The Morgan fingerprint density at radius 2 is 2.30 bits per heavy atom. The van der Waals surface area contributed by atoms with Gasteiger partial charge in [-0.2, -0.15) is 0 Å². The molecule has 0 spiro atoms. The molecule has 0 radical (unpaired) electrons. The third-order valence-electron chi connectivity index (χ3n) is 1.74. The van der Waals surface area contributed by atoms with Crippen LogP contribution in [0.2, 0.25) is 0 Å². The largest absolute Gasteiger partial charge is 0.388 e. The quantitative estimate of drug-likeness (QED) is 0.581. The van der Waals surface area contributed by atoms with Crippen molar-refractivity contribution in [1.29, 1.82) is 0 Å². The first-order valence-corrected chi connectivity index (χ1v) is 3.56. The summed E-state index contributed by atoms with van der Waals surface area (Å²) in [5.41, 5.74) is 0. The third-order valence-corrected chi connectivity index (χ3v) is 1.74. The zero-order valence-electron chi connectivity index (χ0n) is 6.41. The Morgan fingerprint density at radius 3 is 2.80 bits per heavy atom. The van der Waals surface area contributed by atoms with E-state index in [0.29, 0.717) is 12.5 Å². The number of aliphatic hydroxyl groups is 1. The van der Waals surface area contributed by atoms with Crippen molar-refractivity contribution in [2.45, 2.75) is 25.7 Å². The van der Waals surface area contributed by atoms with Crippen LogP contribution in [0.1, 0.15) is 13.3 Å². The van der Waals surface area contributed by atoms with E-state index in [1.807, 2.05) is 0 Å². The number of hydrogen-bond acceptors (Lipinski definition) is 3. The minimum absolute atomic E-state index is 0.406. The molecule has 1 heterocycles. The average Bonchev–Trinajstić information content (AvgIpc) is 1.88. The Hall–Kier alpha value is -0.120. The standard InChI is InChI=1S/C7H14O3/c1-5-3-6(8)7(9-2)10-4-5/h5-8H,3-4H2,1-2H3/t5-,6+,7-/m0/s1. The third kappa shape index (κ3) is 1.68. The van der Waals surface area contributed by atoms with Crippen molar-refractivity contribution < 1.29 is 14.6 Å². The normalized spacial score (nSPS) is 41.7. The van der Waals surface area contributed by atoms with E-state index in [0.717, 1.165) is 6.42 Å². The second-order valence-electron chi connectivity index (χ2n) is 2.85. The van der Waals surface area contributed by atoms with Crippen LogP contribution in [0.15, 0.2) is 0 Å². The summed E-state index contributed by atoms with van der Waals surface area (Å²) >= 11 is 0. The summed E-state index contributed by atoms with van der Waals surface area (Å²) in [6.07, 6.45) is -0.0802. The van der Waals surface area contributed by atoms with Gasteiger partial charge in [-0.05, 0) is 12.3 Å². The van der Waals surface area contributed by atoms with Crippen molar-refractivity contribution in [2.24, 2.45) is 5.92 Å². The molecule has 1 rings (SSSR count). The highest BCUT2D eigenvalue weighted by Crippen LogP contribution is 2.18. The second-order valence-corrected chi connectivity index (χ2v) is 2.85. The van der Waals surface area contributed by atoms with E-state index in [-0.39, 0.29) is 0 Å². The van der Waals surface area contributed by atoms with Crippen LogP contribution in [0.25, 0.3) is 0 Å². The molecule has 0 amide bonds. The molecule has 3 nitrogen and oxygen atoms in total. The van der Waals surface area contributed by atoms with Crippen LogP contribution in [-0.4, -0.2) is 31.2 Å². The molecule has 3 atom stereocenters. The highest BCUT2D eigenvalue weighted by molar-refractivity contribution is 4.69. The van der Waals surface area contributed by atoms with Crippen LogP contribution < -0.4 is 0 Å². The summed E-state index contributed by atoms with van der Waals surface area (Å²) in [4.78, 5) is 0. The van der Waals surface area contributed by atoms with Crippen molar-refractivity contribution in [3.63, 3.8) is 0 Å². The predicted molar refractivity (Wildman–Crippen MR) is 36.5 cm³/mol. The average molecular weight is 146 g/mol. The van der Waals surface area contributed by atoms with Gasteiger partial charge in [-0.15, -0.1) is 0 Å². The molecule has 3 heteroatoms. The molecular formula is C7H14O3. The van der Waals surface area contributed by atoms with E-state index in [9.17, 15) is 5.11 Å². The second kappa shape index (κ2) is 3.32. The molecule has 10 heavy (non-hydrogen) atoms. The molecule has 0 unspecified atom stereocenters. The van der Waals surface area contributed by atoms with Crippen LogP contribution >= 0.6 is 0 Å². The van der Waals surface area contributed by atoms with E-state index in [4.69, 9.17) is 9.47 Å². The zero-order valence-corrected chi connectivity index (χ0v) is 6.41. The lowest BCUT2D eigenvalue weighted by molar-refractivity contribution is -0.213. The molecular weight excluding hydrogens is 132 g/mol. The maximum Gasteiger partial charge on any atom is 0.183 e. The first kappa shape index (κ1) is 7.98. The van der Waals surface area contributed by atoms with Gasteiger partial charge >= 0.3 is 0 Å². The van der Waals surface area contributed by atoms with Gasteiger partial charge in [0, 0.05) is 7.11 Å². The Morgan fingerprint density at radius 1 is 1.60 bits per heavy atom. The summed E-state index contributed by atoms with van der Waals surface area (Å²) in [5.74, 6) is 0.446. The highest BCUT2D eigenvalue weighted by Gasteiger charge is 2.27. The van der Waals surface area contributed by atoms with E-state index in [1.165, 1.54) is 0 Å². The fraction of sp³-hybridized carbons (Fsp3) is 1.00. The lowest BCUT2D eigenvalue weighted by Gasteiger charge is -2.30. The van der Waals surface area contributed by atoms with E-state index >= 15 is 0 Å².